The van der Waals surface area contributed by atoms with E-state index in [4.69, 9.17) is 9.31 Å². The molecule has 1 saturated heterocycles. The Kier molecular flexibility index (Phi) is 5.64. The molecule has 1 aromatic rings. The molecule has 0 amide bonds. The van der Waals surface area contributed by atoms with Crippen LogP contribution in [0.4, 0.5) is 13.2 Å². The van der Waals surface area contributed by atoms with E-state index in [1.807, 2.05) is 53.7 Å². The second-order valence-corrected chi connectivity index (χ2v) is 8.78. The molecule has 0 aromatic carbocycles. The van der Waals surface area contributed by atoms with Crippen molar-refractivity contribution in [3.05, 3.63) is 40.4 Å². The Morgan fingerprint density at radius 2 is 1.76 bits per heavy atom. The van der Waals surface area contributed by atoms with Gasteiger partial charge in [0.2, 0.25) is 0 Å². The van der Waals surface area contributed by atoms with Crippen LogP contribution in [0, 0.1) is 0 Å². The lowest BCUT2D eigenvalue weighted by atomic mass is 9.79. The van der Waals surface area contributed by atoms with Crippen molar-refractivity contribution < 1.29 is 22.5 Å². The third-order valence-electron chi connectivity index (χ3n) is 5.99. The first kappa shape index (κ1) is 21.9. The molecule has 1 aromatic heterocycles. The molecule has 0 bridgehead atoms. The van der Waals surface area contributed by atoms with Gasteiger partial charge in [-0.25, -0.2) is 4.98 Å². The molecule has 0 saturated carbocycles. The summed E-state index contributed by atoms with van der Waals surface area (Å²) >= 11 is 0. The summed E-state index contributed by atoms with van der Waals surface area (Å²) in [7, 11) is -0.379. The topological polar surface area (TPSA) is 47.1 Å². The number of rotatable bonds is 4. The highest BCUT2D eigenvalue weighted by Crippen LogP contribution is 2.38. The van der Waals surface area contributed by atoms with E-state index < -0.39 is 11.7 Å². The fourth-order valence-corrected chi connectivity index (χ4v) is 3.28. The number of aromatic amines is 1. The second kappa shape index (κ2) is 7.47. The van der Waals surface area contributed by atoms with Crippen molar-refractivity contribution in [2.45, 2.75) is 78.2 Å². The van der Waals surface area contributed by atoms with Crippen molar-refractivity contribution >= 4 is 18.8 Å². The normalized spacial score (nSPS) is 22.0. The van der Waals surface area contributed by atoms with Crippen LogP contribution in [0.25, 0.3) is 11.6 Å². The number of halogens is 3. The molecule has 29 heavy (non-hydrogen) atoms. The molecule has 158 valence electrons. The molecule has 2 aliphatic rings. The van der Waals surface area contributed by atoms with Crippen molar-refractivity contribution in [3.8, 4) is 0 Å². The predicted octanol–water partition coefficient (Wildman–Crippen LogP) is 5.67. The molecule has 4 nitrogen and oxygen atoms in total. The van der Waals surface area contributed by atoms with Crippen molar-refractivity contribution in [3.63, 3.8) is 0 Å². The average molecular weight is 408 g/mol. The highest BCUT2D eigenvalue weighted by Gasteiger charge is 2.51. The number of aromatic nitrogens is 2. The van der Waals surface area contributed by atoms with E-state index in [2.05, 4.69) is 9.97 Å². The van der Waals surface area contributed by atoms with Gasteiger partial charge in [-0.3, -0.25) is 0 Å². The molecule has 0 atom stereocenters. The molecule has 3 rings (SSSR count). The van der Waals surface area contributed by atoms with Crippen LogP contribution in [0.2, 0.25) is 0 Å². The zero-order chi connectivity index (χ0) is 21.6. The van der Waals surface area contributed by atoms with Gasteiger partial charge in [-0.1, -0.05) is 12.2 Å². The maximum absolute atomic E-state index is 12.9. The maximum atomic E-state index is 12.9. The summed E-state index contributed by atoms with van der Waals surface area (Å²) in [6.07, 6.45) is 1.84. The number of hydrogen-bond donors (Lipinski definition) is 1. The van der Waals surface area contributed by atoms with E-state index in [9.17, 15) is 13.2 Å². The standard InChI is InChI=1S/C21H28BF3N2O2/c1-13(8-7-9-14(2)22-28-19(3,4)20(5,6)29-22)18-26-16-11-10-15(21(23,24)25)12-17(16)27-18/h8-9,12H,7,10-11H2,1-6H3,(H,26,27)/b13-8+,14-9+. The molecule has 0 radical (unpaired) electrons. The Morgan fingerprint density at radius 3 is 2.34 bits per heavy atom. The van der Waals surface area contributed by atoms with Crippen LogP contribution in [0.3, 0.4) is 0 Å². The Hall–Kier alpha value is -1.80. The first-order chi connectivity index (χ1) is 13.3. The molecule has 2 heterocycles. The van der Waals surface area contributed by atoms with E-state index in [1.165, 1.54) is 0 Å². The van der Waals surface area contributed by atoms with Crippen molar-refractivity contribution in [1.29, 1.82) is 0 Å². The van der Waals surface area contributed by atoms with Gasteiger partial charge in [0, 0.05) is 11.3 Å². The first-order valence-electron chi connectivity index (χ1n) is 9.86. The van der Waals surface area contributed by atoms with E-state index in [0.717, 1.165) is 22.8 Å². The minimum absolute atomic E-state index is 0.0170. The molecule has 1 aliphatic carbocycles. The van der Waals surface area contributed by atoms with Gasteiger partial charge >= 0.3 is 13.3 Å². The zero-order valence-electron chi connectivity index (χ0n) is 17.8. The third kappa shape index (κ3) is 4.53. The van der Waals surface area contributed by atoms with Crippen molar-refractivity contribution in [1.82, 2.24) is 9.97 Å². The second-order valence-electron chi connectivity index (χ2n) is 8.78. The summed E-state index contributed by atoms with van der Waals surface area (Å²) in [6.45, 7) is 11.9. The molecule has 1 N–H and O–H groups in total. The fraction of sp³-hybridized carbons (Fsp3) is 0.571. The Bertz CT molecular complexity index is 863. The quantitative estimate of drug-likeness (QED) is 0.653. The van der Waals surface area contributed by atoms with Gasteiger partial charge in [0.1, 0.15) is 5.82 Å². The van der Waals surface area contributed by atoms with E-state index in [0.29, 0.717) is 24.4 Å². The van der Waals surface area contributed by atoms with Gasteiger partial charge in [0.15, 0.2) is 0 Å². The lowest BCUT2D eigenvalue weighted by Gasteiger charge is -2.32. The summed E-state index contributed by atoms with van der Waals surface area (Å²) in [6, 6.07) is 0. The zero-order valence-corrected chi connectivity index (χ0v) is 17.8. The number of fused-ring (bicyclic) bond motifs is 1. The van der Waals surface area contributed by atoms with Crippen LogP contribution in [0.5, 0.6) is 0 Å². The van der Waals surface area contributed by atoms with Crippen LogP contribution >= 0.6 is 0 Å². The largest absolute Gasteiger partial charge is 0.489 e. The van der Waals surface area contributed by atoms with E-state index in [-0.39, 0.29) is 24.7 Å². The van der Waals surface area contributed by atoms with Gasteiger partial charge < -0.3 is 14.3 Å². The van der Waals surface area contributed by atoms with Crippen molar-refractivity contribution in [2.24, 2.45) is 0 Å². The Morgan fingerprint density at radius 1 is 1.14 bits per heavy atom. The number of imidazole rings is 1. The molecule has 1 aliphatic heterocycles. The third-order valence-corrected chi connectivity index (χ3v) is 5.99. The Labute approximate surface area is 170 Å². The first-order valence-corrected chi connectivity index (χ1v) is 9.86. The Balaban J connectivity index is 1.68. The van der Waals surface area contributed by atoms with Gasteiger partial charge in [0.05, 0.1) is 16.9 Å². The summed E-state index contributed by atoms with van der Waals surface area (Å²) in [4.78, 5) is 7.52. The lowest BCUT2D eigenvalue weighted by Crippen LogP contribution is -2.41. The number of nitrogens with one attached hydrogen (secondary N) is 1. The van der Waals surface area contributed by atoms with Crippen molar-refractivity contribution in [2.75, 3.05) is 0 Å². The van der Waals surface area contributed by atoms with Gasteiger partial charge in [-0.2, -0.15) is 13.2 Å². The molecular formula is C21H28BF3N2O2. The SMILES string of the molecule is C/C(=C\C/C=C(\C)c1nc2c([nH]1)CCC(C(F)(F)F)=C2)B1OC(C)(C)C(C)(C)O1. The summed E-state index contributed by atoms with van der Waals surface area (Å²) in [5, 5.41) is 0. The highest BCUT2D eigenvalue weighted by atomic mass is 19.4. The number of allylic oxidation sites excluding steroid dienone is 5. The van der Waals surface area contributed by atoms with Crippen LogP contribution < -0.4 is 0 Å². The summed E-state index contributed by atoms with van der Waals surface area (Å²) in [5.41, 5.74) is 1.73. The summed E-state index contributed by atoms with van der Waals surface area (Å²) in [5.74, 6) is 0.608. The highest BCUT2D eigenvalue weighted by molar-refractivity contribution is 6.54. The maximum Gasteiger partial charge on any atom is 0.489 e. The van der Waals surface area contributed by atoms with Crippen LogP contribution in [0.15, 0.2) is 23.2 Å². The number of nitrogens with zero attached hydrogens (tertiary/aromatic N) is 1. The molecule has 8 heteroatoms. The van der Waals surface area contributed by atoms with Crippen LogP contribution in [-0.2, 0) is 15.7 Å². The molecule has 1 fully saturated rings. The minimum Gasteiger partial charge on any atom is -0.400 e. The number of H-pyrrole nitrogens is 1. The van der Waals surface area contributed by atoms with Crippen LogP contribution in [0.1, 0.15) is 71.6 Å². The lowest BCUT2D eigenvalue weighted by molar-refractivity contribution is -0.0931. The smallest absolute Gasteiger partial charge is 0.400 e. The van der Waals surface area contributed by atoms with Crippen LogP contribution in [-0.4, -0.2) is 34.5 Å². The summed E-state index contributed by atoms with van der Waals surface area (Å²) < 4.78 is 50.8. The number of aryl methyl sites for hydroxylation is 1. The number of hydrogen-bond acceptors (Lipinski definition) is 3. The van der Waals surface area contributed by atoms with E-state index >= 15 is 0 Å². The molecular weight excluding hydrogens is 380 g/mol. The molecule has 0 unspecified atom stereocenters. The van der Waals surface area contributed by atoms with Gasteiger partial charge in [-0.05, 0) is 77.9 Å². The average Bonchev–Trinajstić information content (AvgIpc) is 3.11. The van der Waals surface area contributed by atoms with Gasteiger partial charge in [-0.15, -0.1) is 0 Å². The minimum atomic E-state index is -4.29. The van der Waals surface area contributed by atoms with Gasteiger partial charge in [0.25, 0.3) is 0 Å². The monoisotopic (exact) mass is 408 g/mol. The predicted molar refractivity (Wildman–Crippen MR) is 109 cm³/mol. The fourth-order valence-electron chi connectivity index (χ4n) is 3.28. The van der Waals surface area contributed by atoms with E-state index in [1.54, 1.807) is 0 Å². The molecule has 0 spiro atoms. The number of alkyl halides is 3.